The van der Waals surface area contributed by atoms with Crippen molar-refractivity contribution >= 4 is 35.1 Å². The van der Waals surface area contributed by atoms with Gasteiger partial charge in [0.1, 0.15) is 0 Å². The Balaban J connectivity index is 1.10. The zero-order chi connectivity index (χ0) is 27.3. The molecule has 1 N–H and O–H groups in total. The van der Waals surface area contributed by atoms with Crippen LogP contribution in [0.3, 0.4) is 0 Å². The van der Waals surface area contributed by atoms with Gasteiger partial charge in [-0.3, -0.25) is 19.3 Å². The molecule has 198 valence electrons. The Hall–Kier alpha value is -4.26. The number of ether oxygens (including phenoxy) is 1. The zero-order valence-electron chi connectivity index (χ0n) is 21.9. The molecule has 0 aromatic heterocycles. The van der Waals surface area contributed by atoms with Crippen LogP contribution in [0.15, 0.2) is 72.8 Å². The molecule has 3 fully saturated rings. The predicted octanol–water partition coefficient (Wildman–Crippen LogP) is 5.03. The molecule has 0 radical (unpaired) electrons. The van der Waals surface area contributed by atoms with Crippen molar-refractivity contribution in [2.75, 3.05) is 16.8 Å². The monoisotopic (exact) mass is 522 g/mol. The summed E-state index contributed by atoms with van der Waals surface area (Å²) in [6.07, 6.45) is 1.85. The first kappa shape index (κ1) is 25.0. The summed E-state index contributed by atoms with van der Waals surface area (Å²) in [6, 6.07) is 22.2. The van der Waals surface area contributed by atoms with Gasteiger partial charge in [0, 0.05) is 5.69 Å². The molecule has 1 heterocycles. The third-order valence-electron chi connectivity index (χ3n) is 8.61. The maximum atomic E-state index is 13.5. The lowest BCUT2D eigenvalue weighted by molar-refractivity contribution is -0.123. The Bertz CT molecular complexity index is 1470. The summed E-state index contributed by atoms with van der Waals surface area (Å²) in [6.45, 7) is 3.39. The molecule has 39 heavy (non-hydrogen) atoms. The van der Waals surface area contributed by atoms with Crippen LogP contribution >= 0.6 is 0 Å². The highest BCUT2D eigenvalue weighted by Gasteiger charge is 2.64. The van der Waals surface area contributed by atoms with Crippen molar-refractivity contribution in [3.05, 3.63) is 95.1 Å². The van der Waals surface area contributed by atoms with Gasteiger partial charge in [-0.25, -0.2) is 4.79 Å². The Morgan fingerprint density at radius 3 is 2.36 bits per heavy atom. The van der Waals surface area contributed by atoms with Gasteiger partial charge in [-0.2, -0.15) is 0 Å². The Morgan fingerprint density at radius 2 is 1.62 bits per heavy atom. The van der Waals surface area contributed by atoms with Gasteiger partial charge in [-0.05, 0) is 91.5 Å². The van der Waals surface area contributed by atoms with Crippen LogP contribution in [-0.4, -0.2) is 30.3 Å². The topological polar surface area (TPSA) is 92.8 Å². The summed E-state index contributed by atoms with van der Waals surface area (Å²) < 4.78 is 5.19. The van der Waals surface area contributed by atoms with Gasteiger partial charge in [0.2, 0.25) is 11.8 Å². The molecule has 2 bridgehead atoms. The molecule has 0 unspecified atom stereocenters. The van der Waals surface area contributed by atoms with E-state index in [0.29, 0.717) is 17.3 Å². The number of nitrogens with zero attached hydrogens (tertiary/aromatic N) is 1. The van der Waals surface area contributed by atoms with E-state index >= 15 is 0 Å². The number of carbonyl (C=O) groups is 4. The van der Waals surface area contributed by atoms with E-state index in [1.807, 2.05) is 50.2 Å². The highest BCUT2D eigenvalue weighted by atomic mass is 16.5. The molecule has 7 nitrogen and oxygen atoms in total. The van der Waals surface area contributed by atoms with E-state index in [0.717, 1.165) is 24.0 Å². The first-order valence-electron chi connectivity index (χ1n) is 13.4. The minimum absolute atomic E-state index is 0.137. The summed E-state index contributed by atoms with van der Waals surface area (Å²) in [7, 11) is 0. The maximum Gasteiger partial charge on any atom is 0.338 e. The highest BCUT2D eigenvalue weighted by molar-refractivity contribution is 6.22. The number of hydrogen-bond acceptors (Lipinski definition) is 5. The molecular formula is C32H30N2O5. The van der Waals surface area contributed by atoms with Crippen molar-refractivity contribution in [2.45, 2.75) is 32.6 Å². The lowest BCUT2D eigenvalue weighted by Crippen LogP contribution is -2.33. The number of rotatable bonds is 6. The van der Waals surface area contributed by atoms with Crippen molar-refractivity contribution in [2.24, 2.45) is 23.7 Å². The van der Waals surface area contributed by atoms with Crippen molar-refractivity contribution in [1.29, 1.82) is 0 Å². The number of fused-ring (bicyclic) bond motifs is 5. The number of esters is 1. The number of carbonyl (C=O) groups excluding carboxylic acids is 4. The van der Waals surface area contributed by atoms with Gasteiger partial charge >= 0.3 is 5.97 Å². The quantitative estimate of drug-likeness (QED) is 0.362. The fourth-order valence-corrected chi connectivity index (χ4v) is 6.82. The van der Waals surface area contributed by atoms with E-state index in [1.54, 1.807) is 12.1 Å². The average molecular weight is 523 g/mol. The first-order chi connectivity index (χ1) is 18.8. The van der Waals surface area contributed by atoms with Crippen molar-refractivity contribution in [3.63, 3.8) is 0 Å². The fourth-order valence-electron chi connectivity index (χ4n) is 6.82. The van der Waals surface area contributed by atoms with Gasteiger partial charge < -0.3 is 10.1 Å². The van der Waals surface area contributed by atoms with Crippen LogP contribution in [0.2, 0.25) is 0 Å². The third kappa shape index (κ3) is 4.42. The molecule has 5 atom stereocenters. The number of aryl methyl sites for hydroxylation is 2. The Kier molecular flexibility index (Phi) is 6.29. The number of amides is 3. The molecule has 3 amide bonds. The standard InChI is InChI=1S/C32H30N2O5/c1-18-8-9-19(2)26(14-18)33-27(35)17-39-32(38)21-10-12-23(13-11-21)34-30(36)28-22-15-24(20-6-4-3-5-7-20)25(16-22)29(28)31(34)37/h3-14,22,24-25,28-29H,15-17H2,1-2H3,(H,33,35)/t22-,24-,25+,28+,29+/m0/s1. The normalized spacial score (nSPS) is 25.1. The van der Waals surface area contributed by atoms with Crippen LogP contribution in [-0.2, 0) is 19.1 Å². The first-order valence-corrected chi connectivity index (χ1v) is 13.4. The van der Waals surface area contributed by atoms with Crippen LogP contribution in [0.4, 0.5) is 11.4 Å². The number of hydrogen-bond donors (Lipinski definition) is 1. The van der Waals surface area contributed by atoms with Gasteiger partial charge in [0.15, 0.2) is 6.61 Å². The third-order valence-corrected chi connectivity index (χ3v) is 8.61. The largest absolute Gasteiger partial charge is 0.452 e. The minimum atomic E-state index is -0.655. The maximum absolute atomic E-state index is 13.5. The second-order valence-electron chi connectivity index (χ2n) is 11.0. The second kappa shape index (κ2) is 9.80. The van der Waals surface area contributed by atoms with Crippen LogP contribution in [0.5, 0.6) is 0 Å². The smallest absolute Gasteiger partial charge is 0.338 e. The fraction of sp³-hybridized carbons (Fsp3) is 0.312. The van der Waals surface area contributed by atoms with E-state index in [1.165, 1.54) is 22.6 Å². The molecule has 3 aliphatic rings. The van der Waals surface area contributed by atoms with Crippen molar-refractivity contribution < 1.29 is 23.9 Å². The van der Waals surface area contributed by atoms with E-state index < -0.39 is 18.5 Å². The summed E-state index contributed by atoms with van der Waals surface area (Å²) in [5.41, 5.74) is 4.53. The lowest BCUT2D eigenvalue weighted by atomic mass is 9.73. The zero-order valence-corrected chi connectivity index (χ0v) is 21.9. The van der Waals surface area contributed by atoms with E-state index in [4.69, 9.17) is 4.74 Å². The summed E-state index contributed by atoms with van der Waals surface area (Å²) >= 11 is 0. The lowest BCUT2D eigenvalue weighted by Gasteiger charge is -2.28. The molecule has 3 aromatic carbocycles. The molecule has 6 rings (SSSR count). The SMILES string of the molecule is Cc1ccc(C)c(NC(=O)COC(=O)c2ccc(N3C(=O)[C@@H]4[C@@H]5C[C@@H]([C@H]4C3=O)[C@H](c3ccccc3)C5)cc2)c1. The van der Waals surface area contributed by atoms with Crippen LogP contribution in [0.1, 0.15) is 45.8 Å². The number of imide groups is 1. The van der Waals surface area contributed by atoms with Gasteiger partial charge in [0.25, 0.3) is 5.91 Å². The van der Waals surface area contributed by atoms with Crippen LogP contribution in [0, 0.1) is 37.5 Å². The Morgan fingerprint density at radius 1 is 0.897 bits per heavy atom. The minimum Gasteiger partial charge on any atom is -0.452 e. The highest BCUT2D eigenvalue weighted by Crippen LogP contribution is 2.61. The van der Waals surface area contributed by atoms with E-state index in [-0.39, 0.29) is 41.0 Å². The van der Waals surface area contributed by atoms with Gasteiger partial charge in [-0.1, -0.05) is 42.5 Å². The van der Waals surface area contributed by atoms with Crippen LogP contribution in [0.25, 0.3) is 0 Å². The van der Waals surface area contributed by atoms with Gasteiger partial charge in [0.05, 0.1) is 23.1 Å². The molecule has 1 aliphatic heterocycles. The molecule has 7 heteroatoms. The molecular weight excluding hydrogens is 492 g/mol. The van der Waals surface area contributed by atoms with Gasteiger partial charge in [-0.15, -0.1) is 0 Å². The Labute approximate surface area is 227 Å². The van der Waals surface area contributed by atoms with E-state index in [9.17, 15) is 19.2 Å². The summed E-state index contributed by atoms with van der Waals surface area (Å²) in [5.74, 6) is -1.22. The number of nitrogens with one attached hydrogen (secondary N) is 1. The van der Waals surface area contributed by atoms with Crippen molar-refractivity contribution in [1.82, 2.24) is 0 Å². The summed E-state index contributed by atoms with van der Waals surface area (Å²) in [5, 5.41) is 2.76. The summed E-state index contributed by atoms with van der Waals surface area (Å²) in [4.78, 5) is 53.1. The molecule has 0 spiro atoms. The molecule has 2 saturated carbocycles. The molecule has 2 aliphatic carbocycles. The van der Waals surface area contributed by atoms with Crippen molar-refractivity contribution in [3.8, 4) is 0 Å². The molecule has 1 saturated heterocycles. The number of benzene rings is 3. The van der Waals surface area contributed by atoms with Crippen LogP contribution < -0.4 is 10.2 Å². The van der Waals surface area contributed by atoms with E-state index in [2.05, 4.69) is 17.4 Å². The average Bonchev–Trinajstić information content (AvgIpc) is 3.61. The number of anilines is 2. The molecule has 3 aromatic rings. The second-order valence-corrected chi connectivity index (χ2v) is 11.0. The predicted molar refractivity (Wildman–Crippen MR) is 146 cm³/mol.